The van der Waals surface area contributed by atoms with E-state index in [-0.39, 0.29) is 6.04 Å². The summed E-state index contributed by atoms with van der Waals surface area (Å²) < 4.78 is 14.1. The monoisotopic (exact) mass is 277 g/mol. The van der Waals surface area contributed by atoms with Gasteiger partial charge in [-0.25, -0.2) is 4.98 Å². The molecule has 1 aromatic carbocycles. The topological polar surface area (TPSA) is 46.9 Å². The molecule has 0 aliphatic carbocycles. The highest BCUT2D eigenvalue weighted by atomic mass is 32.2. The van der Waals surface area contributed by atoms with Gasteiger partial charge in [0, 0.05) is 29.4 Å². The van der Waals surface area contributed by atoms with Crippen molar-refractivity contribution in [2.75, 3.05) is 18.1 Å². The van der Waals surface area contributed by atoms with Gasteiger partial charge in [-0.15, -0.1) is 0 Å². The highest BCUT2D eigenvalue weighted by Crippen LogP contribution is 2.22. The summed E-state index contributed by atoms with van der Waals surface area (Å²) in [6.45, 7) is 3.04. The van der Waals surface area contributed by atoms with E-state index < -0.39 is 10.8 Å². The van der Waals surface area contributed by atoms with E-state index in [1.54, 1.807) is 0 Å². The molecule has 19 heavy (non-hydrogen) atoms. The maximum absolute atomic E-state index is 12.0. The molecule has 2 heterocycles. The Hall–Kier alpha value is -1.20. The summed E-state index contributed by atoms with van der Waals surface area (Å²) in [5.41, 5.74) is 2.13. The third kappa shape index (κ3) is 2.44. The quantitative estimate of drug-likeness (QED) is 0.861. The van der Waals surface area contributed by atoms with Crippen molar-refractivity contribution < 1.29 is 4.21 Å². The van der Waals surface area contributed by atoms with Gasteiger partial charge in [0.2, 0.25) is 0 Å². The Morgan fingerprint density at radius 1 is 1.37 bits per heavy atom. The number of imidazole rings is 1. The third-order valence-corrected chi connectivity index (χ3v) is 5.32. The number of nitrogens with one attached hydrogen (secondary N) is 1. The molecule has 0 amide bonds. The summed E-state index contributed by atoms with van der Waals surface area (Å²) in [6.07, 6.45) is 0. The number of hydrogen-bond acceptors (Lipinski definition) is 3. The molecule has 1 aliphatic rings. The summed E-state index contributed by atoms with van der Waals surface area (Å²) in [4.78, 5) is 4.70. The number of benzene rings is 1. The first-order chi connectivity index (χ1) is 9.15. The summed E-state index contributed by atoms with van der Waals surface area (Å²) in [5.74, 6) is 2.89. The second-order valence-electron chi connectivity index (χ2n) is 5.36. The molecule has 1 aliphatic heterocycles. The van der Waals surface area contributed by atoms with E-state index in [0.717, 1.165) is 29.2 Å². The Labute approximate surface area is 115 Å². The smallest absolute Gasteiger partial charge is 0.127 e. The van der Waals surface area contributed by atoms with Gasteiger partial charge in [0.1, 0.15) is 5.82 Å². The van der Waals surface area contributed by atoms with Gasteiger partial charge < -0.3 is 9.88 Å². The third-order valence-electron chi connectivity index (χ3n) is 3.67. The van der Waals surface area contributed by atoms with Crippen molar-refractivity contribution in [3.63, 3.8) is 0 Å². The first-order valence-electron chi connectivity index (χ1n) is 6.65. The molecular formula is C14H19N3OS. The standard InChI is InChI=1S/C14H19N3OS/c1-10-7-15-12(9-19(18)8-10)14-16-11-5-3-4-6-13(11)17(14)2/h3-6,10,12,15H,7-9H2,1-2H3. The Morgan fingerprint density at radius 3 is 2.95 bits per heavy atom. The van der Waals surface area contributed by atoms with Crippen LogP contribution in [0.5, 0.6) is 0 Å². The number of aromatic nitrogens is 2. The minimum absolute atomic E-state index is 0.0863. The second kappa shape index (κ2) is 5.06. The number of para-hydroxylation sites is 2. The number of rotatable bonds is 1. The van der Waals surface area contributed by atoms with Crippen molar-refractivity contribution in [1.82, 2.24) is 14.9 Å². The minimum Gasteiger partial charge on any atom is -0.330 e. The van der Waals surface area contributed by atoms with E-state index in [2.05, 4.69) is 22.9 Å². The molecule has 4 nitrogen and oxygen atoms in total. The molecule has 1 aromatic heterocycles. The van der Waals surface area contributed by atoms with Crippen LogP contribution in [0.25, 0.3) is 11.0 Å². The molecule has 102 valence electrons. The van der Waals surface area contributed by atoms with Crippen LogP contribution in [-0.4, -0.2) is 31.8 Å². The molecule has 1 N–H and O–H groups in total. The highest BCUT2D eigenvalue weighted by Gasteiger charge is 2.25. The van der Waals surface area contributed by atoms with Gasteiger partial charge in [-0.1, -0.05) is 19.1 Å². The second-order valence-corrected chi connectivity index (χ2v) is 6.90. The van der Waals surface area contributed by atoms with Crippen LogP contribution < -0.4 is 5.32 Å². The fourth-order valence-electron chi connectivity index (χ4n) is 2.67. The Balaban J connectivity index is 1.99. The van der Waals surface area contributed by atoms with Crippen LogP contribution in [-0.2, 0) is 17.8 Å². The van der Waals surface area contributed by atoms with Gasteiger partial charge in [-0.3, -0.25) is 4.21 Å². The fraction of sp³-hybridized carbons (Fsp3) is 0.500. The molecule has 1 fully saturated rings. The molecular weight excluding hydrogens is 258 g/mol. The zero-order chi connectivity index (χ0) is 13.4. The summed E-state index contributed by atoms with van der Waals surface area (Å²) in [6, 6.07) is 8.20. The van der Waals surface area contributed by atoms with E-state index in [4.69, 9.17) is 4.98 Å². The van der Waals surface area contributed by atoms with Gasteiger partial charge >= 0.3 is 0 Å². The van der Waals surface area contributed by atoms with Crippen molar-refractivity contribution in [3.8, 4) is 0 Å². The SMILES string of the molecule is CC1CNC(c2nc3ccccc3n2C)CS(=O)C1. The Kier molecular flexibility index (Phi) is 3.41. The summed E-state index contributed by atoms with van der Waals surface area (Å²) in [5, 5.41) is 3.50. The lowest BCUT2D eigenvalue weighted by atomic mass is 10.2. The molecule has 0 spiro atoms. The van der Waals surface area contributed by atoms with Gasteiger partial charge in [-0.05, 0) is 24.6 Å². The number of aryl methyl sites for hydroxylation is 1. The summed E-state index contributed by atoms with van der Waals surface area (Å²) >= 11 is 0. The average molecular weight is 277 g/mol. The zero-order valence-corrected chi connectivity index (χ0v) is 12.1. The van der Waals surface area contributed by atoms with Gasteiger partial charge in [0.25, 0.3) is 0 Å². The molecule has 0 bridgehead atoms. The number of fused-ring (bicyclic) bond motifs is 1. The van der Waals surface area contributed by atoms with Crippen LogP contribution in [0.1, 0.15) is 18.8 Å². The first-order valence-corrected chi connectivity index (χ1v) is 8.13. The molecule has 3 rings (SSSR count). The minimum atomic E-state index is -0.764. The van der Waals surface area contributed by atoms with Crippen LogP contribution in [0.15, 0.2) is 24.3 Å². The van der Waals surface area contributed by atoms with Crippen molar-refractivity contribution in [2.24, 2.45) is 13.0 Å². The highest BCUT2D eigenvalue weighted by molar-refractivity contribution is 7.85. The normalized spacial score (nSPS) is 28.4. The maximum atomic E-state index is 12.0. The first kappa shape index (κ1) is 12.8. The van der Waals surface area contributed by atoms with Gasteiger partial charge in [0.05, 0.1) is 17.1 Å². The molecule has 0 saturated carbocycles. The average Bonchev–Trinajstić information content (AvgIpc) is 2.62. The largest absolute Gasteiger partial charge is 0.330 e. The van der Waals surface area contributed by atoms with Crippen LogP contribution in [0.2, 0.25) is 0 Å². The van der Waals surface area contributed by atoms with Crippen LogP contribution >= 0.6 is 0 Å². The van der Waals surface area contributed by atoms with Crippen molar-refractivity contribution in [3.05, 3.63) is 30.1 Å². The van der Waals surface area contributed by atoms with E-state index in [0.29, 0.717) is 11.7 Å². The molecule has 5 heteroatoms. The zero-order valence-electron chi connectivity index (χ0n) is 11.3. The van der Waals surface area contributed by atoms with Crippen molar-refractivity contribution in [2.45, 2.75) is 13.0 Å². The van der Waals surface area contributed by atoms with Crippen LogP contribution in [0, 0.1) is 5.92 Å². The van der Waals surface area contributed by atoms with Crippen LogP contribution in [0.4, 0.5) is 0 Å². The van der Waals surface area contributed by atoms with E-state index in [1.165, 1.54) is 0 Å². The summed E-state index contributed by atoms with van der Waals surface area (Å²) in [7, 11) is 1.27. The molecule has 2 aromatic rings. The van der Waals surface area contributed by atoms with Gasteiger partial charge in [0.15, 0.2) is 0 Å². The Bertz CT molecular complexity index is 622. The molecule has 3 unspecified atom stereocenters. The van der Waals surface area contributed by atoms with Crippen LogP contribution in [0.3, 0.4) is 0 Å². The lowest BCUT2D eigenvalue weighted by Crippen LogP contribution is -2.28. The van der Waals surface area contributed by atoms with E-state index in [1.807, 2.05) is 25.2 Å². The predicted octanol–water partition coefficient (Wildman–Crippen LogP) is 1.60. The number of nitrogens with zero attached hydrogens (tertiary/aromatic N) is 2. The fourth-order valence-corrected chi connectivity index (χ4v) is 4.20. The number of hydrogen-bond donors (Lipinski definition) is 1. The molecule has 1 saturated heterocycles. The van der Waals surface area contributed by atoms with E-state index >= 15 is 0 Å². The predicted molar refractivity (Wildman–Crippen MR) is 78.5 cm³/mol. The van der Waals surface area contributed by atoms with Crippen molar-refractivity contribution >= 4 is 21.8 Å². The maximum Gasteiger partial charge on any atom is 0.127 e. The van der Waals surface area contributed by atoms with E-state index in [9.17, 15) is 4.21 Å². The molecule has 0 radical (unpaired) electrons. The Morgan fingerprint density at radius 2 is 2.16 bits per heavy atom. The van der Waals surface area contributed by atoms with Gasteiger partial charge in [-0.2, -0.15) is 0 Å². The van der Waals surface area contributed by atoms with Crippen molar-refractivity contribution in [1.29, 1.82) is 0 Å². The lowest BCUT2D eigenvalue weighted by Gasteiger charge is -2.15. The lowest BCUT2D eigenvalue weighted by molar-refractivity contribution is 0.495. The molecule has 3 atom stereocenters.